The van der Waals surface area contributed by atoms with Crippen molar-refractivity contribution in [1.29, 1.82) is 0 Å². The van der Waals surface area contributed by atoms with Crippen LogP contribution in [0.3, 0.4) is 0 Å². The van der Waals surface area contributed by atoms with Crippen molar-refractivity contribution >= 4 is 5.97 Å². The van der Waals surface area contributed by atoms with Crippen LogP contribution in [0.25, 0.3) is 0 Å². The van der Waals surface area contributed by atoms with Gasteiger partial charge in [0.15, 0.2) is 0 Å². The average Bonchev–Trinajstić information content (AvgIpc) is 2.97. The number of furan rings is 1. The summed E-state index contributed by atoms with van der Waals surface area (Å²) in [6.07, 6.45) is 1.12. The van der Waals surface area contributed by atoms with E-state index >= 15 is 0 Å². The number of ether oxygens (including phenoxy) is 2. The lowest BCUT2D eigenvalue weighted by molar-refractivity contribution is 0.0560. The third-order valence-corrected chi connectivity index (χ3v) is 3.87. The van der Waals surface area contributed by atoms with Crippen LogP contribution in [0.1, 0.15) is 49.5 Å². The lowest BCUT2D eigenvalue weighted by Crippen LogP contribution is -2.48. The molecule has 5 nitrogen and oxygen atoms in total. The molecule has 0 radical (unpaired) electrons. The normalized spacial score (nSPS) is 28.3. The third-order valence-electron chi connectivity index (χ3n) is 3.87. The number of rotatable bonds is 4. The van der Waals surface area contributed by atoms with Crippen molar-refractivity contribution in [3.8, 4) is 0 Å². The van der Waals surface area contributed by atoms with Gasteiger partial charge in [0.25, 0.3) is 0 Å². The molecule has 1 aromatic heterocycles. The first kappa shape index (κ1) is 14.1. The number of nitrogens with one attached hydrogen (secondary N) is 1. The fourth-order valence-electron chi connectivity index (χ4n) is 2.39. The van der Waals surface area contributed by atoms with Gasteiger partial charge in [0.2, 0.25) is 5.76 Å². The topological polar surface area (TPSA) is 60.7 Å². The van der Waals surface area contributed by atoms with Gasteiger partial charge in [0.1, 0.15) is 5.76 Å². The molecule has 5 heteroatoms. The SMILES string of the molecule is COC(=O)c1ccc(C(C)NC2(C)CCOC2C)o1. The molecule has 0 aromatic carbocycles. The fourth-order valence-corrected chi connectivity index (χ4v) is 2.39. The molecule has 19 heavy (non-hydrogen) atoms. The highest BCUT2D eigenvalue weighted by Crippen LogP contribution is 2.29. The van der Waals surface area contributed by atoms with Crippen molar-refractivity contribution in [2.75, 3.05) is 13.7 Å². The van der Waals surface area contributed by atoms with Crippen molar-refractivity contribution < 1.29 is 18.7 Å². The molecule has 0 aliphatic carbocycles. The molecule has 2 rings (SSSR count). The zero-order chi connectivity index (χ0) is 14.0. The second kappa shape index (κ2) is 5.35. The Kier molecular flexibility index (Phi) is 3.96. The minimum atomic E-state index is -0.456. The van der Waals surface area contributed by atoms with Gasteiger partial charge < -0.3 is 13.9 Å². The average molecular weight is 267 g/mol. The molecule has 106 valence electrons. The van der Waals surface area contributed by atoms with Gasteiger partial charge in [-0.3, -0.25) is 5.32 Å². The molecule has 0 spiro atoms. The van der Waals surface area contributed by atoms with Crippen LogP contribution >= 0.6 is 0 Å². The first-order chi connectivity index (χ1) is 8.96. The molecule has 1 aromatic rings. The highest BCUT2D eigenvalue weighted by atomic mass is 16.5. The second-order valence-electron chi connectivity index (χ2n) is 5.24. The van der Waals surface area contributed by atoms with Crippen molar-refractivity contribution in [2.24, 2.45) is 0 Å². The minimum Gasteiger partial charge on any atom is -0.463 e. The lowest BCUT2D eigenvalue weighted by atomic mass is 9.93. The minimum absolute atomic E-state index is 0.00700. The lowest BCUT2D eigenvalue weighted by Gasteiger charge is -2.31. The predicted molar refractivity (Wildman–Crippen MR) is 70.0 cm³/mol. The molecule has 1 N–H and O–H groups in total. The summed E-state index contributed by atoms with van der Waals surface area (Å²) in [5, 5.41) is 3.52. The summed E-state index contributed by atoms with van der Waals surface area (Å²) in [5.74, 6) is 0.495. The Morgan fingerprint density at radius 3 is 2.89 bits per heavy atom. The van der Waals surface area contributed by atoms with E-state index in [4.69, 9.17) is 9.15 Å². The first-order valence-electron chi connectivity index (χ1n) is 6.53. The summed E-state index contributed by atoms with van der Waals surface area (Å²) < 4.78 is 15.7. The van der Waals surface area contributed by atoms with Gasteiger partial charge >= 0.3 is 5.97 Å². The van der Waals surface area contributed by atoms with E-state index in [1.807, 2.05) is 6.92 Å². The molecule has 2 heterocycles. The van der Waals surface area contributed by atoms with Crippen LogP contribution in [0.15, 0.2) is 16.5 Å². The summed E-state index contributed by atoms with van der Waals surface area (Å²) in [5.41, 5.74) is -0.0718. The van der Waals surface area contributed by atoms with Gasteiger partial charge in [0, 0.05) is 12.1 Å². The van der Waals surface area contributed by atoms with Crippen LogP contribution in [0.5, 0.6) is 0 Å². The molecule has 0 bridgehead atoms. The molecule has 1 aliphatic rings. The zero-order valence-electron chi connectivity index (χ0n) is 11.9. The maximum absolute atomic E-state index is 11.4. The number of hydrogen-bond acceptors (Lipinski definition) is 5. The number of carbonyl (C=O) groups is 1. The van der Waals surface area contributed by atoms with E-state index in [-0.39, 0.29) is 23.4 Å². The van der Waals surface area contributed by atoms with Crippen molar-refractivity contribution in [3.63, 3.8) is 0 Å². The fraction of sp³-hybridized carbons (Fsp3) is 0.643. The number of hydrogen-bond donors (Lipinski definition) is 1. The Hall–Kier alpha value is -1.33. The second-order valence-corrected chi connectivity index (χ2v) is 5.24. The number of esters is 1. The standard InChI is InChI=1S/C14H21NO4/c1-9(15-14(3)7-8-18-10(14)2)11-5-6-12(19-11)13(16)17-4/h5-6,9-10,15H,7-8H2,1-4H3. The van der Waals surface area contributed by atoms with Crippen molar-refractivity contribution in [3.05, 3.63) is 23.7 Å². The van der Waals surface area contributed by atoms with Crippen LogP contribution in [0.4, 0.5) is 0 Å². The van der Waals surface area contributed by atoms with Crippen LogP contribution in [-0.2, 0) is 9.47 Å². The maximum Gasteiger partial charge on any atom is 0.373 e. The molecule has 0 saturated carbocycles. The highest BCUT2D eigenvalue weighted by molar-refractivity contribution is 5.86. The summed E-state index contributed by atoms with van der Waals surface area (Å²) in [4.78, 5) is 11.4. The van der Waals surface area contributed by atoms with E-state index in [0.29, 0.717) is 0 Å². The first-order valence-corrected chi connectivity index (χ1v) is 6.53. The maximum atomic E-state index is 11.4. The quantitative estimate of drug-likeness (QED) is 0.848. The summed E-state index contributed by atoms with van der Waals surface area (Å²) >= 11 is 0. The van der Waals surface area contributed by atoms with Crippen LogP contribution in [0, 0.1) is 0 Å². The molecule has 3 atom stereocenters. The van der Waals surface area contributed by atoms with E-state index in [2.05, 4.69) is 23.9 Å². The summed E-state index contributed by atoms with van der Waals surface area (Å²) in [7, 11) is 1.34. The van der Waals surface area contributed by atoms with Crippen LogP contribution < -0.4 is 5.32 Å². The molecule has 3 unspecified atom stereocenters. The molecule has 1 aliphatic heterocycles. The number of carbonyl (C=O) groups excluding carboxylic acids is 1. The Labute approximate surface area is 113 Å². The largest absolute Gasteiger partial charge is 0.463 e. The Morgan fingerprint density at radius 2 is 2.32 bits per heavy atom. The van der Waals surface area contributed by atoms with Crippen LogP contribution in [0.2, 0.25) is 0 Å². The third kappa shape index (κ3) is 2.82. The predicted octanol–water partition coefficient (Wildman–Crippen LogP) is 2.28. The Bertz CT molecular complexity index is 456. The monoisotopic (exact) mass is 267 g/mol. The molecule has 0 amide bonds. The summed E-state index contributed by atoms with van der Waals surface area (Å²) in [6, 6.07) is 3.44. The van der Waals surface area contributed by atoms with E-state index in [9.17, 15) is 4.79 Å². The molecule has 1 fully saturated rings. The van der Waals surface area contributed by atoms with Crippen LogP contribution in [-0.4, -0.2) is 31.3 Å². The Morgan fingerprint density at radius 1 is 1.58 bits per heavy atom. The Balaban J connectivity index is 2.05. The van der Waals surface area contributed by atoms with Gasteiger partial charge in [-0.1, -0.05) is 0 Å². The molecular weight excluding hydrogens is 246 g/mol. The van der Waals surface area contributed by atoms with Gasteiger partial charge in [-0.2, -0.15) is 0 Å². The molecular formula is C14H21NO4. The zero-order valence-corrected chi connectivity index (χ0v) is 11.9. The van der Waals surface area contributed by atoms with Crippen molar-refractivity contribution in [1.82, 2.24) is 5.32 Å². The highest BCUT2D eigenvalue weighted by Gasteiger charge is 2.38. The van der Waals surface area contributed by atoms with E-state index in [1.54, 1.807) is 12.1 Å². The van der Waals surface area contributed by atoms with E-state index in [0.717, 1.165) is 18.8 Å². The summed E-state index contributed by atoms with van der Waals surface area (Å²) in [6.45, 7) is 6.99. The van der Waals surface area contributed by atoms with Gasteiger partial charge in [0.05, 0.1) is 19.3 Å². The van der Waals surface area contributed by atoms with E-state index in [1.165, 1.54) is 7.11 Å². The van der Waals surface area contributed by atoms with Gasteiger partial charge in [-0.15, -0.1) is 0 Å². The van der Waals surface area contributed by atoms with E-state index < -0.39 is 5.97 Å². The smallest absolute Gasteiger partial charge is 0.373 e. The molecule has 1 saturated heterocycles. The van der Waals surface area contributed by atoms with Gasteiger partial charge in [-0.25, -0.2) is 4.79 Å². The number of methoxy groups -OCH3 is 1. The van der Waals surface area contributed by atoms with Gasteiger partial charge in [-0.05, 0) is 39.3 Å². The van der Waals surface area contributed by atoms with Crippen molar-refractivity contribution in [2.45, 2.75) is 44.9 Å².